The van der Waals surface area contributed by atoms with Crippen LogP contribution in [0.1, 0.15) is 64.1 Å². The zero-order chi connectivity index (χ0) is 18.8. The number of benzene rings is 1. The molecule has 0 amide bonds. The van der Waals surface area contributed by atoms with Crippen molar-refractivity contribution >= 4 is 0 Å². The molecule has 2 aromatic rings. The van der Waals surface area contributed by atoms with Crippen LogP contribution in [0.5, 0.6) is 5.75 Å². The predicted octanol–water partition coefficient (Wildman–Crippen LogP) is 5.37. The number of ether oxygens (including phenoxy) is 1. The summed E-state index contributed by atoms with van der Waals surface area (Å²) in [6.07, 6.45) is 10.1. The Bertz CT molecular complexity index is 737. The van der Waals surface area contributed by atoms with Gasteiger partial charge in [0, 0.05) is 18.2 Å². The molecule has 26 heavy (non-hydrogen) atoms. The first kappa shape index (κ1) is 20.2. The molecule has 0 aliphatic rings. The molecule has 0 radical (unpaired) electrons. The van der Waals surface area contributed by atoms with Gasteiger partial charge in [0.25, 0.3) is 5.56 Å². The monoisotopic (exact) mass is 356 g/mol. The minimum Gasteiger partial charge on any atom is -0.496 e. The molecule has 4 heteroatoms. The molecule has 0 fully saturated rings. The first-order valence-electron chi connectivity index (χ1n) is 9.89. The van der Waals surface area contributed by atoms with Gasteiger partial charge in [0.2, 0.25) is 0 Å². The maximum Gasteiger partial charge on any atom is 0.254 e. The maximum atomic E-state index is 12.6. The number of aromatic nitrogens is 2. The van der Waals surface area contributed by atoms with Gasteiger partial charge in [-0.3, -0.25) is 9.36 Å². The molecule has 0 aliphatic heterocycles. The van der Waals surface area contributed by atoms with Crippen molar-refractivity contribution in [3.8, 4) is 17.0 Å². The fraction of sp³-hybridized carbons (Fsp3) is 0.545. The van der Waals surface area contributed by atoms with Gasteiger partial charge in [-0.25, -0.2) is 4.98 Å². The van der Waals surface area contributed by atoms with Gasteiger partial charge in [0.15, 0.2) is 0 Å². The van der Waals surface area contributed by atoms with Gasteiger partial charge in [0.05, 0.1) is 12.8 Å². The van der Waals surface area contributed by atoms with Crippen molar-refractivity contribution in [3.05, 3.63) is 46.5 Å². The van der Waals surface area contributed by atoms with Crippen LogP contribution in [0.3, 0.4) is 0 Å². The highest BCUT2D eigenvalue weighted by Gasteiger charge is 2.10. The second-order valence-corrected chi connectivity index (χ2v) is 6.85. The van der Waals surface area contributed by atoms with Crippen LogP contribution in [-0.4, -0.2) is 16.7 Å². The molecule has 0 atom stereocenters. The fourth-order valence-corrected chi connectivity index (χ4v) is 3.29. The fourth-order valence-electron chi connectivity index (χ4n) is 3.29. The van der Waals surface area contributed by atoms with E-state index in [9.17, 15) is 4.79 Å². The molecule has 1 aromatic carbocycles. The van der Waals surface area contributed by atoms with Gasteiger partial charge in [0.1, 0.15) is 11.6 Å². The largest absolute Gasteiger partial charge is 0.496 e. The lowest BCUT2D eigenvalue weighted by molar-refractivity contribution is 0.416. The lowest BCUT2D eigenvalue weighted by Crippen LogP contribution is -2.23. The quantitative estimate of drug-likeness (QED) is 0.509. The number of unbranched alkanes of at least 4 members (excludes halogenated alkanes) is 7. The van der Waals surface area contributed by atoms with Crippen molar-refractivity contribution in [1.29, 1.82) is 0 Å². The van der Waals surface area contributed by atoms with E-state index in [0.29, 0.717) is 5.69 Å². The average Bonchev–Trinajstić information content (AvgIpc) is 2.65. The van der Waals surface area contributed by atoms with Gasteiger partial charge < -0.3 is 4.74 Å². The molecule has 0 spiro atoms. The third kappa shape index (κ3) is 5.72. The minimum atomic E-state index is 0.0151. The topological polar surface area (TPSA) is 44.1 Å². The van der Waals surface area contributed by atoms with Crippen LogP contribution in [0.25, 0.3) is 11.3 Å². The van der Waals surface area contributed by atoms with Crippen molar-refractivity contribution in [2.45, 2.75) is 71.8 Å². The van der Waals surface area contributed by atoms with Gasteiger partial charge in [-0.15, -0.1) is 0 Å². The van der Waals surface area contributed by atoms with Crippen LogP contribution >= 0.6 is 0 Å². The van der Waals surface area contributed by atoms with E-state index in [2.05, 4.69) is 11.9 Å². The van der Waals surface area contributed by atoms with Gasteiger partial charge >= 0.3 is 0 Å². The second-order valence-electron chi connectivity index (χ2n) is 6.85. The maximum absolute atomic E-state index is 12.6. The number of rotatable bonds is 11. The van der Waals surface area contributed by atoms with Crippen molar-refractivity contribution < 1.29 is 4.74 Å². The number of para-hydroxylation sites is 1. The van der Waals surface area contributed by atoms with E-state index in [1.807, 2.05) is 31.2 Å². The second kappa shape index (κ2) is 10.8. The summed E-state index contributed by atoms with van der Waals surface area (Å²) < 4.78 is 7.18. The minimum absolute atomic E-state index is 0.0151. The highest BCUT2D eigenvalue weighted by Crippen LogP contribution is 2.27. The Labute approximate surface area is 157 Å². The van der Waals surface area contributed by atoms with E-state index >= 15 is 0 Å². The third-order valence-corrected chi connectivity index (χ3v) is 4.82. The molecule has 0 aliphatic carbocycles. The number of hydrogen-bond donors (Lipinski definition) is 0. The first-order chi connectivity index (χ1) is 12.7. The van der Waals surface area contributed by atoms with Crippen LogP contribution in [0.2, 0.25) is 0 Å². The van der Waals surface area contributed by atoms with Crippen molar-refractivity contribution in [1.82, 2.24) is 9.55 Å². The van der Waals surface area contributed by atoms with E-state index in [0.717, 1.165) is 30.1 Å². The normalized spacial score (nSPS) is 10.9. The first-order valence-corrected chi connectivity index (χ1v) is 9.89. The van der Waals surface area contributed by atoms with Crippen LogP contribution in [0.15, 0.2) is 35.1 Å². The summed E-state index contributed by atoms with van der Waals surface area (Å²) in [5.74, 6) is 1.50. The lowest BCUT2D eigenvalue weighted by Gasteiger charge is -2.12. The highest BCUT2D eigenvalue weighted by atomic mass is 16.5. The average molecular weight is 357 g/mol. The third-order valence-electron chi connectivity index (χ3n) is 4.82. The summed E-state index contributed by atoms with van der Waals surface area (Å²) in [6, 6.07) is 9.29. The lowest BCUT2D eigenvalue weighted by atomic mass is 10.1. The van der Waals surface area contributed by atoms with Gasteiger partial charge in [-0.1, -0.05) is 64.0 Å². The summed E-state index contributed by atoms with van der Waals surface area (Å²) in [6.45, 7) is 4.90. The van der Waals surface area contributed by atoms with Crippen LogP contribution < -0.4 is 10.3 Å². The molecular weight excluding hydrogens is 324 g/mol. The zero-order valence-corrected chi connectivity index (χ0v) is 16.5. The van der Waals surface area contributed by atoms with Crippen molar-refractivity contribution in [2.75, 3.05) is 7.11 Å². The Morgan fingerprint density at radius 3 is 2.31 bits per heavy atom. The SMILES string of the molecule is CCCCCCCCCCn1c(C)nc(-c2ccccc2OC)cc1=O. The van der Waals surface area contributed by atoms with E-state index in [4.69, 9.17) is 4.74 Å². The summed E-state index contributed by atoms with van der Waals surface area (Å²) in [4.78, 5) is 17.2. The van der Waals surface area contributed by atoms with E-state index < -0.39 is 0 Å². The molecule has 142 valence electrons. The predicted molar refractivity (Wildman–Crippen MR) is 108 cm³/mol. The smallest absolute Gasteiger partial charge is 0.254 e. The summed E-state index contributed by atoms with van der Waals surface area (Å²) in [5, 5.41) is 0. The van der Waals surface area contributed by atoms with Crippen LogP contribution in [0.4, 0.5) is 0 Å². The Hall–Kier alpha value is -2.10. The van der Waals surface area contributed by atoms with Crippen molar-refractivity contribution in [3.63, 3.8) is 0 Å². The molecule has 0 saturated carbocycles. The van der Waals surface area contributed by atoms with E-state index in [1.165, 1.54) is 44.9 Å². The molecule has 0 N–H and O–H groups in total. The van der Waals surface area contributed by atoms with Gasteiger partial charge in [-0.05, 0) is 25.5 Å². The van der Waals surface area contributed by atoms with E-state index in [1.54, 1.807) is 17.7 Å². The summed E-state index contributed by atoms with van der Waals surface area (Å²) in [5.41, 5.74) is 1.55. The molecule has 0 bridgehead atoms. The molecule has 1 heterocycles. The Morgan fingerprint density at radius 2 is 1.65 bits per heavy atom. The number of nitrogens with zero attached hydrogens (tertiary/aromatic N) is 2. The number of aryl methyl sites for hydroxylation is 1. The molecule has 0 saturated heterocycles. The van der Waals surface area contributed by atoms with E-state index in [-0.39, 0.29) is 5.56 Å². The standard InChI is InChI=1S/C22H32N2O2/c1-4-5-6-7-8-9-10-13-16-24-18(2)23-20(17-22(24)25)19-14-11-12-15-21(19)26-3/h11-12,14-15,17H,4-10,13,16H2,1-3H3. The molecular formula is C22H32N2O2. The Balaban J connectivity index is 1.94. The van der Waals surface area contributed by atoms with Crippen LogP contribution in [0, 0.1) is 6.92 Å². The molecule has 2 rings (SSSR count). The number of hydrogen-bond acceptors (Lipinski definition) is 3. The Morgan fingerprint density at radius 1 is 1.00 bits per heavy atom. The zero-order valence-electron chi connectivity index (χ0n) is 16.5. The summed E-state index contributed by atoms with van der Waals surface area (Å²) >= 11 is 0. The van der Waals surface area contributed by atoms with Gasteiger partial charge in [-0.2, -0.15) is 0 Å². The number of methoxy groups -OCH3 is 1. The highest BCUT2D eigenvalue weighted by molar-refractivity contribution is 5.66. The molecule has 0 unspecified atom stereocenters. The van der Waals surface area contributed by atoms with Crippen LogP contribution in [-0.2, 0) is 6.54 Å². The Kier molecular flexibility index (Phi) is 8.39. The molecule has 4 nitrogen and oxygen atoms in total. The molecule has 1 aromatic heterocycles. The van der Waals surface area contributed by atoms with Crippen molar-refractivity contribution in [2.24, 2.45) is 0 Å². The summed E-state index contributed by atoms with van der Waals surface area (Å²) in [7, 11) is 1.63.